The van der Waals surface area contributed by atoms with E-state index in [1.54, 1.807) is 61.9 Å². The van der Waals surface area contributed by atoms with E-state index >= 15 is 0 Å². The highest BCUT2D eigenvalue weighted by molar-refractivity contribution is 7.16. The highest BCUT2D eigenvalue weighted by atomic mass is 32.1. The van der Waals surface area contributed by atoms with E-state index < -0.39 is 17.8 Å². The molecule has 0 aliphatic heterocycles. The van der Waals surface area contributed by atoms with Gasteiger partial charge in [0.1, 0.15) is 18.0 Å². The standard InChI is InChI=1S/C24H26N2O7S/c1-5-32-22(28)14-26-18-10-8-16(23(29)33-6-2)11-20(18)34-24(26)25-21(27)12-15-7-9-17(30-3)13-19(15)31-4/h7-11,13H,5-6,12,14H2,1-4H3. The van der Waals surface area contributed by atoms with E-state index in [0.29, 0.717) is 37.6 Å². The molecule has 3 aromatic rings. The second kappa shape index (κ2) is 11.5. The molecule has 10 heteroatoms. The van der Waals surface area contributed by atoms with Gasteiger partial charge in [-0.05, 0) is 38.1 Å². The summed E-state index contributed by atoms with van der Waals surface area (Å²) in [5.41, 5.74) is 1.68. The van der Waals surface area contributed by atoms with Crippen LogP contribution >= 0.6 is 11.3 Å². The molecule has 1 heterocycles. The SMILES string of the molecule is CCOC(=O)Cn1c(=NC(=O)Cc2ccc(OC)cc2OC)sc2cc(C(=O)OCC)ccc21. The van der Waals surface area contributed by atoms with Crippen LogP contribution in [0.2, 0.25) is 0 Å². The maximum absolute atomic E-state index is 12.9. The summed E-state index contributed by atoms with van der Waals surface area (Å²) in [6, 6.07) is 10.2. The number of carbonyl (C=O) groups is 3. The fraction of sp³-hybridized carbons (Fsp3) is 0.333. The van der Waals surface area contributed by atoms with Crippen LogP contribution in [0.25, 0.3) is 10.2 Å². The second-order valence-electron chi connectivity index (χ2n) is 7.04. The number of methoxy groups -OCH3 is 2. The van der Waals surface area contributed by atoms with Crippen LogP contribution in [0.1, 0.15) is 29.8 Å². The predicted molar refractivity (Wildman–Crippen MR) is 126 cm³/mol. The van der Waals surface area contributed by atoms with Crippen LogP contribution in [0.4, 0.5) is 0 Å². The van der Waals surface area contributed by atoms with E-state index in [4.69, 9.17) is 18.9 Å². The Kier molecular flexibility index (Phi) is 8.42. The van der Waals surface area contributed by atoms with Crippen LogP contribution in [0.3, 0.4) is 0 Å². The molecule has 0 aliphatic carbocycles. The van der Waals surface area contributed by atoms with Crippen LogP contribution in [-0.4, -0.2) is 49.8 Å². The van der Waals surface area contributed by atoms with Gasteiger partial charge in [0.15, 0.2) is 4.80 Å². The quantitative estimate of drug-likeness (QED) is 0.428. The first-order valence-corrected chi connectivity index (χ1v) is 11.5. The van der Waals surface area contributed by atoms with Gasteiger partial charge in [-0.3, -0.25) is 9.59 Å². The molecule has 2 aromatic carbocycles. The number of rotatable bonds is 9. The highest BCUT2D eigenvalue weighted by Crippen LogP contribution is 2.25. The third-order valence-corrected chi connectivity index (χ3v) is 5.88. The number of hydrogen-bond acceptors (Lipinski definition) is 8. The van der Waals surface area contributed by atoms with E-state index in [0.717, 1.165) is 0 Å². The number of thiazole rings is 1. The van der Waals surface area contributed by atoms with Crippen molar-refractivity contribution in [3.63, 3.8) is 0 Å². The first-order valence-electron chi connectivity index (χ1n) is 10.6. The molecular weight excluding hydrogens is 460 g/mol. The number of ether oxygens (including phenoxy) is 4. The lowest BCUT2D eigenvalue weighted by atomic mass is 10.1. The third kappa shape index (κ3) is 5.82. The Morgan fingerprint density at radius 2 is 1.74 bits per heavy atom. The number of carbonyl (C=O) groups excluding carboxylic acids is 3. The van der Waals surface area contributed by atoms with Gasteiger partial charge >= 0.3 is 11.9 Å². The van der Waals surface area contributed by atoms with Gasteiger partial charge in [0.25, 0.3) is 5.91 Å². The van der Waals surface area contributed by atoms with Crippen molar-refractivity contribution in [2.45, 2.75) is 26.8 Å². The van der Waals surface area contributed by atoms with Gasteiger partial charge in [0.2, 0.25) is 0 Å². The summed E-state index contributed by atoms with van der Waals surface area (Å²) in [7, 11) is 3.06. The molecule has 3 rings (SSSR count). The molecule has 0 aliphatic rings. The summed E-state index contributed by atoms with van der Waals surface area (Å²) in [4.78, 5) is 41.8. The molecule has 1 aromatic heterocycles. The van der Waals surface area contributed by atoms with Crippen LogP contribution in [0.15, 0.2) is 41.4 Å². The molecule has 0 bridgehead atoms. The molecule has 0 fully saturated rings. The zero-order valence-corrected chi connectivity index (χ0v) is 20.3. The number of amides is 1. The Bertz CT molecular complexity index is 1280. The van der Waals surface area contributed by atoms with Crippen LogP contribution in [0.5, 0.6) is 11.5 Å². The summed E-state index contributed by atoms with van der Waals surface area (Å²) in [6.07, 6.45) is -0.00506. The zero-order chi connectivity index (χ0) is 24.7. The van der Waals surface area contributed by atoms with Crippen molar-refractivity contribution in [2.24, 2.45) is 4.99 Å². The van der Waals surface area contributed by atoms with Crippen molar-refractivity contribution in [1.29, 1.82) is 0 Å². The highest BCUT2D eigenvalue weighted by Gasteiger charge is 2.16. The first kappa shape index (κ1) is 25.0. The number of hydrogen-bond donors (Lipinski definition) is 0. The molecule has 9 nitrogen and oxygen atoms in total. The van der Waals surface area contributed by atoms with Gasteiger partial charge in [-0.2, -0.15) is 4.99 Å². The third-order valence-electron chi connectivity index (χ3n) is 4.84. The normalized spacial score (nSPS) is 11.4. The van der Waals surface area contributed by atoms with Crippen molar-refractivity contribution >= 4 is 39.4 Å². The maximum Gasteiger partial charge on any atom is 0.338 e. The molecule has 34 heavy (non-hydrogen) atoms. The molecule has 0 atom stereocenters. The Labute approximate surface area is 200 Å². The van der Waals surface area contributed by atoms with Gasteiger partial charge in [-0.25, -0.2) is 4.79 Å². The molecule has 0 spiro atoms. The molecule has 0 unspecified atom stereocenters. The van der Waals surface area contributed by atoms with Gasteiger partial charge in [-0.1, -0.05) is 17.4 Å². The fourth-order valence-electron chi connectivity index (χ4n) is 3.30. The van der Waals surface area contributed by atoms with E-state index in [1.807, 2.05) is 0 Å². The number of fused-ring (bicyclic) bond motifs is 1. The van der Waals surface area contributed by atoms with Crippen molar-refractivity contribution in [3.05, 3.63) is 52.3 Å². The molecule has 0 saturated carbocycles. The maximum atomic E-state index is 12.9. The van der Waals surface area contributed by atoms with Crippen molar-refractivity contribution in [2.75, 3.05) is 27.4 Å². The minimum atomic E-state index is -0.456. The Morgan fingerprint density at radius 3 is 2.41 bits per heavy atom. The summed E-state index contributed by atoms with van der Waals surface area (Å²) in [5.74, 6) is -0.201. The number of esters is 2. The largest absolute Gasteiger partial charge is 0.497 e. The van der Waals surface area contributed by atoms with E-state index in [9.17, 15) is 14.4 Å². The minimum Gasteiger partial charge on any atom is -0.497 e. The van der Waals surface area contributed by atoms with E-state index in [2.05, 4.69) is 4.99 Å². The van der Waals surface area contributed by atoms with Gasteiger partial charge in [0.05, 0.1) is 49.6 Å². The van der Waals surface area contributed by atoms with Gasteiger partial charge in [0, 0.05) is 11.6 Å². The first-order chi connectivity index (χ1) is 16.4. The average Bonchev–Trinajstić information content (AvgIpc) is 3.15. The number of aromatic nitrogens is 1. The molecule has 0 radical (unpaired) electrons. The van der Waals surface area contributed by atoms with Crippen LogP contribution in [0, 0.1) is 0 Å². The minimum absolute atomic E-state index is 0.00506. The Hall–Kier alpha value is -3.66. The molecule has 1 amide bonds. The summed E-state index contributed by atoms with van der Waals surface area (Å²) in [6.45, 7) is 3.82. The molecule has 180 valence electrons. The molecule has 0 saturated heterocycles. The second-order valence-corrected chi connectivity index (χ2v) is 8.05. The summed E-state index contributed by atoms with van der Waals surface area (Å²) in [5, 5.41) is 0. The van der Waals surface area contributed by atoms with Crippen molar-refractivity contribution < 1.29 is 33.3 Å². The lowest BCUT2D eigenvalue weighted by Gasteiger charge is -2.09. The van der Waals surface area contributed by atoms with E-state index in [-0.39, 0.29) is 26.2 Å². The lowest BCUT2D eigenvalue weighted by Crippen LogP contribution is -2.23. The van der Waals surface area contributed by atoms with Gasteiger partial charge < -0.3 is 23.5 Å². The summed E-state index contributed by atoms with van der Waals surface area (Å²) < 4.78 is 23.0. The Balaban J connectivity index is 2.02. The van der Waals surface area contributed by atoms with Crippen molar-refractivity contribution in [3.8, 4) is 11.5 Å². The average molecular weight is 487 g/mol. The topological polar surface area (TPSA) is 105 Å². The van der Waals surface area contributed by atoms with E-state index in [1.165, 1.54) is 18.4 Å². The lowest BCUT2D eigenvalue weighted by molar-refractivity contribution is -0.143. The molecule has 0 N–H and O–H groups in total. The Morgan fingerprint density at radius 1 is 0.971 bits per heavy atom. The predicted octanol–water partition coefficient (Wildman–Crippen LogP) is 3.13. The number of benzene rings is 2. The zero-order valence-electron chi connectivity index (χ0n) is 19.5. The van der Waals surface area contributed by atoms with Crippen LogP contribution in [-0.2, 0) is 32.0 Å². The van der Waals surface area contributed by atoms with Crippen molar-refractivity contribution in [1.82, 2.24) is 4.57 Å². The van der Waals surface area contributed by atoms with Crippen LogP contribution < -0.4 is 14.3 Å². The van der Waals surface area contributed by atoms with Gasteiger partial charge in [-0.15, -0.1) is 0 Å². The number of nitrogens with zero attached hydrogens (tertiary/aromatic N) is 2. The monoisotopic (exact) mass is 486 g/mol. The smallest absolute Gasteiger partial charge is 0.338 e. The summed E-state index contributed by atoms with van der Waals surface area (Å²) >= 11 is 1.20. The fourth-order valence-corrected chi connectivity index (χ4v) is 4.38. The molecular formula is C24H26N2O7S.